The minimum Gasteiger partial charge on any atom is -0.497 e. The maximum Gasteiger partial charge on any atom is 0.203 e. The number of nitrogens with zero attached hydrogens (tertiary/aromatic N) is 3. The largest absolute Gasteiger partial charge is 0.497 e. The van der Waals surface area contributed by atoms with E-state index in [0.717, 1.165) is 27.5 Å². The Bertz CT molecular complexity index is 992. The van der Waals surface area contributed by atoms with Gasteiger partial charge in [-0.3, -0.25) is 14.5 Å². The lowest BCUT2D eigenvalue weighted by molar-refractivity contribution is 0.414. The van der Waals surface area contributed by atoms with Crippen molar-refractivity contribution in [1.29, 1.82) is 0 Å². The molecule has 2 heterocycles. The van der Waals surface area contributed by atoms with E-state index in [1.807, 2.05) is 42.6 Å². The van der Waals surface area contributed by atoms with Crippen molar-refractivity contribution in [3.8, 4) is 17.3 Å². The lowest BCUT2D eigenvalue weighted by Crippen LogP contribution is -1.92. The SMILES string of the molecule is COc1ccc2cn(-c3ccc4nccnc4c3)c(O)c2c1. The first-order chi connectivity index (χ1) is 10.8. The summed E-state index contributed by atoms with van der Waals surface area (Å²) in [6.45, 7) is 0. The average molecular weight is 291 g/mol. The molecule has 2 aromatic heterocycles. The summed E-state index contributed by atoms with van der Waals surface area (Å²) in [6, 6.07) is 11.3. The van der Waals surface area contributed by atoms with Crippen LogP contribution >= 0.6 is 0 Å². The number of methoxy groups -OCH3 is 1. The molecule has 0 unspecified atom stereocenters. The molecule has 0 amide bonds. The van der Waals surface area contributed by atoms with Gasteiger partial charge in [-0.25, -0.2) is 0 Å². The number of aromatic hydroxyl groups is 1. The Morgan fingerprint density at radius 1 is 1.00 bits per heavy atom. The van der Waals surface area contributed by atoms with Crippen molar-refractivity contribution in [2.75, 3.05) is 7.11 Å². The second-order valence-electron chi connectivity index (χ2n) is 5.01. The van der Waals surface area contributed by atoms with Crippen LogP contribution in [0, 0.1) is 0 Å². The molecule has 1 N–H and O–H groups in total. The smallest absolute Gasteiger partial charge is 0.203 e. The molecule has 0 aliphatic rings. The highest BCUT2D eigenvalue weighted by atomic mass is 16.5. The zero-order valence-corrected chi connectivity index (χ0v) is 11.9. The van der Waals surface area contributed by atoms with Gasteiger partial charge in [-0.05, 0) is 36.4 Å². The van der Waals surface area contributed by atoms with Crippen LogP contribution in [0.3, 0.4) is 0 Å². The first-order valence-corrected chi connectivity index (χ1v) is 6.85. The van der Waals surface area contributed by atoms with Crippen LogP contribution < -0.4 is 4.74 Å². The standard InChI is InChI=1S/C17H13N3O2/c1-22-13-4-2-11-10-20(17(21)14(11)9-13)12-3-5-15-16(8-12)19-7-6-18-15/h2-10,21H,1H3. The van der Waals surface area contributed by atoms with E-state index in [2.05, 4.69) is 9.97 Å². The van der Waals surface area contributed by atoms with Crippen molar-refractivity contribution in [3.05, 3.63) is 55.0 Å². The van der Waals surface area contributed by atoms with Crippen molar-refractivity contribution >= 4 is 21.8 Å². The number of ether oxygens (including phenoxy) is 1. The molecule has 0 fully saturated rings. The molecule has 0 saturated carbocycles. The van der Waals surface area contributed by atoms with Crippen LogP contribution in [0.4, 0.5) is 0 Å². The molecule has 0 spiro atoms. The lowest BCUT2D eigenvalue weighted by atomic mass is 10.2. The van der Waals surface area contributed by atoms with Gasteiger partial charge in [0, 0.05) is 29.4 Å². The fourth-order valence-electron chi connectivity index (χ4n) is 2.60. The number of hydrogen-bond acceptors (Lipinski definition) is 4. The molecule has 4 rings (SSSR count). The van der Waals surface area contributed by atoms with Crippen molar-refractivity contribution < 1.29 is 9.84 Å². The van der Waals surface area contributed by atoms with Gasteiger partial charge in [0.2, 0.25) is 5.88 Å². The Kier molecular flexibility index (Phi) is 2.72. The summed E-state index contributed by atoms with van der Waals surface area (Å²) in [6.07, 6.45) is 5.21. The Morgan fingerprint density at radius 2 is 1.82 bits per heavy atom. The monoisotopic (exact) mass is 291 g/mol. The Labute approximate surface area is 126 Å². The minimum absolute atomic E-state index is 0.178. The number of aromatic nitrogens is 3. The molecule has 22 heavy (non-hydrogen) atoms. The van der Waals surface area contributed by atoms with E-state index >= 15 is 0 Å². The van der Waals surface area contributed by atoms with Crippen molar-refractivity contribution in [3.63, 3.8) is 0 Å². The summed E-state index contributed by atoms with van der Waals surface area (Å²) in [7, 11) is 1.61. The van der Waals surface area contributed by atoms with Crippen molar-refractivity contribution in [1.82, 2.24) is 14.5 Å². The van der Waals surface area contributed by atoms with E-state index in [1.165, 1.54) is 0 Å². The minimum atomic E-state index is 0.178. The third kappa shape index (κ3) is 1.87. The van der Waals surface area contributed by atoms with E-state index in [4.69, 9.17) is 4.74 Å². The summed E-state index contributed by atoms with van der Waals surface area (Å²) < 4.78 is 6.95. The van der Waals surface area contributed by atoms with Gasteiger partial charge in [-0.1, -0.05) is 0 Å². The highest BCUT2D eigenvalue weighted by Gasteiger charge is 2.11. The molecule has 108 valence electrons. The van der Waals surface area contributed by atoms with Crippen molar-refractivity contribution in [2.24, 2.45) is 0 Å². The number of hydrogen-bond donors (Lipinski definition) is 1. The van der Waals surface area contributed by atoms with Crippen LogP contribution in [-0.4, -0.2) is 26.8 Å². The normalized spacial score (nSPS) is 11.1. The van der Waals surface area contributed by atoms with Gasteiger partial charge in [-0.2, -0.15) is 0 Å². The van der Waals surface area contributed by atoms with Crippen LogP contribution in [0.15, 0.2) is 55.0 Å². The third-order valence-electron chi connectivity index (χ3n) is 3.73. The molecular weight excluding hydrogens is 278 g/mol. The molecular formula is C17H13N3O2. The van der Waals surface area contributed by atoms with Gasteiger partial charge in [0.1, 0.15) is 5.75 Å². The second kappa shape index (κ2) is 4.73. The fraction of sp³-hybridized carbons (Fsp3) is 0.0588. The molecule has 0 saturated heterocycles. The first kappa shape index (κ1) is 12.6. The van der Waals surface area contributed by atoms with Crippen LogP contribution in [0.1, 0.15) is 0 Å². The van der Waals surface area contributed by atoms with E-state index in [-0.39, 0.29) is 5.88 Å². The number of benzene rings is 2. The molecule has 4 aromatic rings. The zero-order valence-electron chi connectivity index (χ0n) is 11.9. The summed E-state index contributed by atoms with van der Waals surface area (Å²) in [4.78, 5) is 8.55. The molecule has 2 aromatic carbocycles. The van der Waals surface area contributed by atoms with Gasteiger partial charge < -0.3 is 9.84 Å². The van der Waals surface area contributed by atoms with Gasteiger partial charge in [-0.15, -0.1) is 0 Å². The molecule has 5 nitrogen and oxygen atoms in total. The Balaban J connectivity index is 1.93. The van der Waals surface area contributed by atoms with E-state index in [1.54, 1.807) is 24.1 Å². The molecule has 0 aliphatic heterocycles. The van der Waals surface area contributed by atoms with Gasteiger partial charge in [0.15, 0.2) is 0 Å². The predicted molar refractivity (Wildman–Crippen MR) is 84.6 cm³/mol. The number of fused-ring (bicyclic) bond motifs is 2. The molecule has 0 aliphatic carbocycles. The van der Waals surface area contributed by atoms with Crippen LogP contribution in [0.5, 0.6) is 11.6 Å². The van der Waals surface area contributed by atoms with E-state index in [9.17, 15) is 5.11 Å². The average Bonchev–Trinajstić information content (AvgIpc) is 2.90. The lowest BCUT2D eigenvalue weighted by Gasteiger charge is -2.05. The summed E-state index contributed by atoms with van der Waals surface area (Å²) in [5, 5.41) is 12.2. The second-order valence-corrected chi connectivity index (χ2v) is 5.01. The quantitative estimate of drug-likeness (QED) is 0.615. The van der Waals surface area contributed by atoms with E-state index < -0.39 is 0 Å². The molecule has 0 bridgehead atoms. The molecule has 0 radical (unpaired) electrons. The van der Waals surface area contributed by atoms with E-state index in [0.29, 0.717) is 5.75 Å². The van der Waals surface area contributed by atoms with Crippen LogP contribution in [-0.2, 0) is 0 Å². The summed E-state index contributed by atoms with van der Waals surface area (Å²) in [5.74, 6) is 0.891. The fourth-order valence-corrected chi connectivity index (χ4v) is 2.60. The molecule has 5 heteroatoms. The summed E-state index contributed by atoms with van der Waals surface area (Å²) >= 11 is 0. The molecule has 0 atom stereocenters. The third-order valence-corrected chi connectivity index (χ3v) is 3.73. The zero-order chi connectivity index (χ0) is 15.1. The predicted octanol–water partition coefficient (Wildman–Crippen LogP) is 3.29. The van der Waals surface area contributed by atoms with Gasteiger partial charge in [0.25, 0.3) is 0 Å². The number of rotatable bonds is 2. The Hall–Kier alpha value is -3.08. The maximum absolute atomic E-state index is 10.5. The van der Waals surface area contributed by atoms with Crippen LogP contribution in [0.25, 0.3) is 27.5 Å². The van der Waals surface area contributed by atoms with Crippen LogP contribution in [0.2, 0.25) is 0 Å². The topological polar surface area (TPSA) is 60.2 Å². The van der Waals surface area contributed by atoms with Gasteiger partial charge in [0.05, 0.1) is 23.8 Å². The first-order valence-electron chi connectivity index (χ1n) is 6.85. The highest BCUT2D eigenvalue weighted by Crippen LogP contribution is 2.33. The highest BCUT2D eigenvalue weighted by molar-refractivity contribution is 5.90. The Morgan fingerprint density at radius 3 is 2.64 bits per heavy atom. The maximum atomic E-state index is 10.5. The van der Waals surface area contributed by atoms with Gasteiger partial charge >= 0.3 is 0 Å². The summed E-state index contributed by atoms with van der Waals surface area (Å²) in [5.41, 5.74) is 2.44. The van der Waals surface area contributed by atoms with Crippen molar-refractivity contribution in [2.45, 2.75) is 0 Å².